The van der Waals surface area contributed by atoms with Crippen LogP contribution in [0.15, 0.2) is 40.9 Å². The number of hydrogen-bond acceptors (Lipinski definition) is 2. The average molecular weight is 345 g/mol. The van der Waals surface area contributed by atoms with E-state index in [2.05, 4.69) is 15.9 Å². The molecule has 0 amide bonds. The van der Waals surface area contributed by atoms with E-state index in [-0.39, 0.29) is 12.4 Å². The Hall–Kier alpha value is -1.10. The van der Waals surface area contributed by atoms with Gasteiger partial charge in [0.05, 0.1) is 4.47 Å². The zero-order valence-corrected chi connectivity index (χ0v) is 12.3. The van der Waals surface area contributed by atoms with Crippen LogP contribution >= 0.6 is 27.5 Å². The summed E-state index contributed by atoms with van der Waals surface area (Å²) >= 11 is 9.43. The van der Waals surface area contributed by atoms with Crippen LogP contribution < -0.4 is 10.5 Å². The lowest BCUT2D eigenvalue weighted by Gasteiger charge is -2.10. The molecule has 19 heavy (non-hydrogen) atoms. The average Bonchev–Trinajstić information content (AvgIpc) is 2.40. The van der Waals surface area contributed by atoms with Crippen LogP contribution in [0.5, 0.6) is 5.75 Å². The molecule has 0 heterocycles. The van der Waals surface area contributed by atoms with Gasteiger partial charge in [-0.2, -0.15) is 0 Å². The maximum Gasteiger partial charge on any atom is 0.136 e. The van der Waals surface area contributed by atoms with E-state index >= 15 is 0 Å². The third kappa shape index (κ3) is 3.69. The predicted octanol–water partition coefficient (Wildman–Crippen LogP) is 4.28. The normalized spacial score (nSPS) is 10.5. The van der Waals surface area contributed by atoms with Gasteiger partial charge in [0.25, 0.3) is 0 Å². The first-order valence-electron chi connectivity index (χ1n) is 5.65. The highest BCUT2D eigenvalue weighted by atomic mass is 79.9. The quantitative estimate of drug-likeness (QED) is 0.898. The number of rotatable bonds is 4. The molecule has 5 heteroatoms. The fourth-order valence-electron chi connectivity index (χ4n) is 1.58. The van der Waals surface area contributed by atoms with Crippen LogP contribution in [0.4, 0.5) is 4.39 Å². The Morgan fingerprint density at radius 2 is 2.00 bits per heavy atom. The second-order valence-corrected chi connectivity index (χ2v) is 5.25. The number of halogens is 3. The van der Waals surface area contributed by atoms with Gasteiger partial charge < -0.3 is 10.5 Å². The molecule has 0 atom stereocenters. The van der Waals surface area contributed by atoms with Crippen LogP contribution in [0.1, 0.15) is 11.1 Å². The molecule has 0 aliphatic rings. The Labute approximate surface area is 124 Å². The second-order valence-electron chi connectivity index (χ2n) is 3.99. The summed E-state index contributed by atoms with van der Waals surface area (Å²) in [6.07, 6.45) is 0. The summed E-state index contributed by atoms with van der Waals surface area (Å²) in [7, 11) is 0. The smallest absolute Gasteiger partial charge is 0.136 e. The first-order chi connectivity index (χ1) is 9.10. The van der Waals surface area contributed by atoms with Gasteiger partial charge in [-0.3, -0.25) is 0 Å². The maximum atomic E-state index is 13.1. The Bertz CT molecular complexity index is 592. The summed E-state index contributed by atoms with van der Waals surface area (Å²) < 4.78 is 19.4. The molecule has 0 saturated carbocycles. The highest BCUT2D eigenvalue weighted by molar-refractivity contribution is 9.10. The summed E-state index contributed by atoms with van der Waals surface area (Å²) in [5, 5.41) is 0.593. The summed E-state index contributed by atoms with van der Waals surface area (Å²) in [6.45, 7) is 0.710. The molecule has 2 aromatic carbocycles. The van der Waals surface area contributed by atoms with Gasteiger partial charge in [-0.25, -0.2) is 4.39 Å². The number of ether oxygens (including phenoxy) is 1. The van der Waals surface area contributed by atoms with Crippen molar-refractivity contribution in [3.63, 3.8) is 0 Å². The topological polar surface area (TPSA) is 35.2 Å². The second kappa shape index (κ2) is 6.37. The highest BCUT2D eigenvalue weighted by Crippen LogP contribution is 2.27. The van der Waals surface area contributed by atoms with E-state index in [9.17, 15) is 4.39 Å². The van der Waals surface area contributed by atoms with Crippen LogP contribution in [0.25, 0.3) is 0 Å². The molecule has 0 bridgehead atoms. The highest BCUT2D eigenvalue weighted by Gasteiger charge is 2.06. The van der Waals surface area contributed by atoms with E-state index in [1.807, 2.05) is 12.1 Å². The van der Waals surface area contributed by atoms with Crippen molar-refractivity contribution in [2.24, 2.45) is 5.73 Å². The molecule has 0 spiro atoms. The monoisotopic (exact) mass is 343 g/mol. The van der Waals surface area contributed by atoms with E-state index in [1.54, 1.807) is 12.1 Å². The first-order valence-corrected chi connectivity index (χ1v) is 6.82. The SMILES string of the molecule is NCc1ccc(COc2cc(F)ccc2Br)c(Cl)c1. The lowest BCUT2D eigenvalue weighted by Crippen LogP contribution is -2.00. The van der Waals surface area contributed by atoms with Gasteiger partial charge in [-0.15, -0.1) is 0 Å². The van der Waals surface area contributed by atoms with Gasteiger partial charge in [0, 0.05) is 23.2 Å². The summed E-state index contributed by atoms with van der Waals surface area (Å²) in [6, 6.07) is 9.85. The molecular weight excluding hydrogens is 333 g/mol. The Morgan fingerprint density at radius 1 is 1.21 bits per heavy atom. The fourth-order valence-corrected chi connectivity index (χ4v) is 2.20. The molecule has 0 aliphatic carbocycles. The van der Waals surface area contributed by atoms with E-state index in [0.717, 1.165) is 11.1 Å². The molecule has 0 aromatic heterocycles. The number of nitrogens with two attached hydrogens (primary N) is 1. The predicted molar refractivity (Wildman–Crippen MR) is 77.8 cm³/mol. The molecule has 2 nitrogen and oxygen atoms in total. The van der Waals surface area contributed by atoms with E-state index in [4.69, 9.17) is 22.1 Å². The summed E-state index contributed by atoms with van der Waals surface area (Å²) in [5.74, 6) is 0.0988. The van der Waals surface area contributed by atoms with Gasteiger partial charge in [-0.05, 0) is 39.7 Å². The van der Waals surface area contributed by atoms with Crippen LogP contribution in [-0.4, -0.2) is 0 Å². The molecule has 2 aromatic rings. The Balaban J connectivity index is 2.12. The Kier molecular flexibility index (Phi) is 4.80. The van der Waals surface area contributed by atoms with E-state index in [0.29, 0.717) is 21.8 Å². The molecule has 2 N–H and O–H groups in total. The minimum absolute atomic E-state index is 0.270. The molecule has 0 unspecified atom stereocenters. The van der Waals surface area contributed by atoms with Crippen molar-refractivity contribution < 1.29 is 9.13 Å². The van der Waals surface area contributed by atoms with Crippen molar-refractivity contribution in [1.82, 2.24) is 0 Å². The van der Waals surface area contributed by atoms with E-state index < -0.39 is 0 Å². The molecule has 0 radical (unpaired) electrons. The minimum atomic E-state index is -0.345. The van der Waals surface area contributed by atoms with Crippen LogP contribution in [0.3, 0.4) is 0 Å². The van der Waals surface area contributed by atoms with Gasteiger partial charge in [0.1, 0.15) is 18.2 Å². The van der Waals surface area contributed by atoms with E-state index in [1.165, 1.54) is 12.1 Å². The number of benzene rings is 2. The van der Waals surface area contributed by atoms with Crippen molar-refractivity contribution in [3.8, 4) is 5.75 Å². The zero-order valence-electron chi connectivity index (χ0n) is 10.00. The third-order valence-electron chi connectivity index (χ3n) is 2.63. The molecule has 0 fully saturated rings. The molecular formula is C14H12BrClFNO. The van der Waals surface area contributed by atoms with Gasteiger partial charge in [0.2, 0.25) is 0 Å². The summed E-state index contributed by atoms with van der Waals surface area (Å²) in [4.78, 5) is 0. The third-order valence-corrected chi connectivity index (χ3v) is 3.64. The van der Waals surface area contributed by atoms with Crippen LogP contribution in [-0.2, 0) is 13.2 Å². The lowest BCUT2D eigenvalue weighted by molar-refractivity contribution is 0.302. The van der Waals surface area contributed by atoms with Crippen molar-refractivity contribution >= 4 is 27.5 Å². The van der Waals surface area contributed by atoms with Crippen LogP contribution in [0.2, 0.25) is 5.02 Å². The standard InChI is InChI=1S/C14H12BrClFNO/c15-12-4-3-11(17)6-14(12)19-8-10-2-1-9(7-18)5-13(10)16/h1-6H,7-8,18H2. The zero-order chi connectivity index (χ0) is 13.8. The van der Waals surface area contributed by atoms with Crippen molar-refractivity contribution in [2.45, 2.75) is 13.2 Å². The number of hydrogen-bond donors (Lipinski definition) is 1. The van der Waals surface area contributed by atoms with Gasteiger partial charge in [-0.1, -0.05) is 23.7 Å². The first kappa shape index (κ1) is 14.3. The minimum Gasteiger partial charge on any atom is -0.488 e. The molecule has 100 valence electrons. The Morgan fingerprint density at radius 3 is 2.68 bits per heavy atom. The molecule has 2 rings (SSSR count). The fraction of sp³-hybridized carbons (Fsp3) is 0.143. The van der Waals surface area contributed by atoms with Crippen molar-refractivity contribution in [3.05, 3.63) is 62.8 Å². The molecule has 0 saturated heterocycles. The molecule has 0 aliphatic heterocycles. The largest absolute Gasteiger partial charge is 0.488 e. The van der Waals surface area contributed by atoms with Crippen molar-refractivity contribution in [1.29, 1.82) is 0 Å². The summed E-state index contributed by atoms with van der Waals surface area (Å²) in [5.41, 5.74) is 7.32. The van der Waals surface area contributed by atoms with Gasteiger partial charge in [0.15, 0.2) is 0 Å². The lowest BCUT2D eigenvalue weighted by atomic mass is 10.1. The van der Waals surface area contributed by atoms with Crippen LogP contribution in [0, 0.1) is 5.82 Å². The van der Waals surface area contributed by atoms with Gasteiger partial charge >= 0.3 is 0 Å². The maximum absolute atomic E-state index is 13.1. The van der Waals surface area contributed by atoms with Crippen molar-refractivity contribution in [2.75, 3.05) is 0 Å².